The van der Waals surface area contributed by atoms with Crippen LogP contribution in [-0.2, 0) is 28.7 Å². The molecule has 3 aliphatic heterocycles. The van der Waals surface area contributed by atoms with Gasteiger partial charge in [-0.1, -0.05) is 36.7 Å². The number of nitrogens with zero attached hydrogens (tertiary/aromatic N) is 5. The number of carbonyl (C=O) groups is 6. The first kappa shape index (κ1) is 44.5. The van der Waals surface area contributed by atoms with Crippen molar-refractivity contribution in [1.29, 1.82) is 0 Å². The fourth-order valence-corrected chi connectivity index (χ4v) is 8.52. The maximum atomic E-state index is 14.0. The van der Waals surface area contributed by atoms with E-state index in [0.29, 0.717) is 88.4 Å². The summed E-state index contributed by atoms with van der Waals surface area (Å²) in [6, 6.07) is 11.1. The van der Waals surface area contributed by atoms with Crippen LogP contribution in [0.3, 0.4) is 0 Å². The Bertz CT molecular complexity index is 2150. The number of carbonyl (C=O) groups excluding carboxylic acids is 6. The zero-order valence-corrected chi connectivity index (χ0v) is 35.3. The number of aromatic nitrogens is 2. The van der Waals surface area contributed by atoms with Crippen molar-refractivity contribution in [2.75, 3.05) is 89.0 Å². The molecule has 0 radical (unpaired) electrons. The van der Waals surface area contributed by atoms with E-state index in [0.717, 1.165) is 21.8 Å². The lowest BCUT2D eigenvalue weighted by molar-refractivity contribution is -0.136. The van der Waals surface area contributed by atoms with Crippen molar-refractivity contribution in [1.82, 2.24) is 35.7 Å². The predicted octanol–water partition coefficient (Wildman–Crippen LogP) is 1.75. The standard InChI is InChI=1S/C43H52ClN9O9/c1-26-23-33(54)38-36(26)39(49-25-48-38)51-15-17-52(18-16-51)41(58)30(27-5-7-28(44)8-6-27)24-45-12-11-34(55)47-14-20-62-22-21-61-19-13-46-31-4-2-3-29-37(31)43(60)53(42(29)59)32-9-10-35(56)50-40(32)57/h2-8,25-26,30,32-33,45-46,54H,9-24H2,1H3,(H,47,55)(H,50,56,57)/t26-,30-,32?,33-/m1/s1. The molecule has 4 heterocycles. The highest BCUT2D eigenvalue weighted by Gasteiger charge is 2.45. The number of hydrogen-bond donors (Lipinski definition) is 5. The summed E-state index contributed by atoms with van der Waals surface area (Å²) >= 11 is 6.17. The second-order valence-electron chi connectivity index (χ2n) is 15.7. The van der Waals surface area contributed by atoms with Crippen LogP contribution in [0.25, 0.3) is 0 Å². The molecule has 0 bridgehead atoms. The third-order valence-electron chi connectivity index (χ3n) is 11.6. The van der Waals surface area contributed by atoms with Gasteiger partial charge in [-0.15, -0.1) is 0 Å². The van der Waals surface area contributed by atoms with Crippen LogP contribution in [0.2, 0.25) is 5.02 Å². The van der Waals surface area contributed by atoms with E-state index in [-0.39, 0.29) is 61.3 Å². The number of ether oxygens (including phenoxy) is 2. The zero-order valence-electron chi connectivity index (χ0n) is 34.6. The highest BCUT2D eigenvalue weighted by atomic mass is 35.5. The Morgan fingerprint density at radius 3 is 2.42 bits per heavy atom. The summed E-state index contributed by atoms with van der Waals surface area (Å²) in [5.41, 5.74) is 3.34. The molecule has 19 heteroatoms. The molecule has 6 amide bonds. The van der Waals surface area contributed by atoms with Crippen LogP contribution in [0.5, 0.6) is 0 Å². The van der Waals surface area contributed by atoms with Gasteiger partial charge in [0.05, 0.1) is 55.3 Å². The molecule has 1 aromatic heterocycles. The van der Waals surface area contributed by atoms with E-state index >= 15 is 0 Å². The summed E-state index contributed by atoms with van der Waals surface area (Å²) in [5.74, 6) is -1.90. The molecule has 5 N–H and O–H groups in total. The SMILES string of the molecule is C[C@@H]1C[C@@H](O)c2ncnc(N3CCN(C(=O)[C@H](CNCCC(=O)NCCOCCOCCNc4cccc5c4C(=O)N(C4CCC(=O)NC4=O)C5=O)c4ccc(Cl)cc4)CC3)c21. The molecule has 1 unspecified atom stereocenters. The van der Waals surface area contributed by atoms with Crippen molar-refractivity contribution >= 4 is 58.5 Å². The van der Waals surface area contributed by atoms with Gasteiger partial charge in [-0.25, -0.2) is 9.97 Å². The number of anilines is 2. The van der Waals surface area contributed by atoms with Crippen molar-refractivity contribution in [3.8, 4) is 0 Å². The fourth-order valence-electron chi connectivity index (χ4n) is 8.40. The van der Waals surface area contributed by atoms with E-state index in [1.165, 1.54) is 12.4 Å². The zero-order chi connectivity index (χ0) is 43.8. The first-order valence-corrected chi connectivity index (χ1v) is 21.4. The highest BCUT2D eigenvalue weighted by Crippen LogP contribution is 2.43. The van der Waals surface area contributed by atoms with Gasteiger partial charge in [0, 0.05) is 81.5 Å². The third kappa shape index (κ3) is 10.2. The lowest BCUT2D eigenvalue weighted by Gasteiger charge is -2.38. The number of piperazine rings is 1. The van der Waals surface area contributed by atoms with Crippen LogP contribution >= 0.6 is 11.6 Å². The number of imide groups is 2. The fraction of sp³-hybridized carbons (Fsp3) is 0.488. The second kappa shape index (κ2) is 20.6. The van der Waals surface area contributed by atoms with Crippen molar-refractivity contribution in [3.63, 3.8) is 0 Å². The van der Waals surface area contributed by atoms with Crippen molar-refractivity contribution < 1.29 is 43.3 Å². The summed E-state index contributed by atoms with van der Waals surface area (Å²) in [4.78, 5) is 90.6. The first-order chi connectivity index (χ1) is 30.0. The minimum absolute atomic E-state index is 0.00773. The number of amides is 6. The van der Waals surface area contributed by atoms with Crippen molar-refractivity contribution in [2.45, 2.75) is 56.6 Å². The number of benzene rings is 2. The van der Waals surface area contributed by atoms with Crippen LogP contribution in [0.15, 0.2) is 48.8 Å². The molecule has 2 fully saturated rings. The van der Waals surface area contributed by atoms with Crippen LogP contribution < -0.4 is 26.2 Å². The Labute approximate surface area is 364 Å². The number of fused-ring (bicyclic) bond motifs is 2. The van der Waals surface area contributed by atoms with Gasteiger partial charge in [-0.3, -0.25) is 39.0 Å². The summed E-state index contributed by atoms with van der Waals surface area (Å²) in [6.45, 7) is 6.87. The van der Waals surface area contributed by atoms with Crippen LogP contribution in [0, 0.1) is 0 Å². The minimum Gasteiger partial charge on any atom is -0.387 e. The van der Waals surface area contributed by atoms with Gasteiger partial charge in [0.25, 0.3) is 11.8 Å². The number of aliphatic hydroxyl groups is 1. The Morgan fingerprint density at radius 1 is 0.935 bits per heavy atom. The summed E-state index contributed by atoms with van der Waals surface area (Å²) in [7, 11) is 0. The van der Waals surface area contributed by atoms with E-state index in [1.807, 2.05) is 17.0 Å². The smallest absolute Gasteiger partial charge is 0.264 e. The molecule has 18 nitrogen and oxygen atoms in total. The van der Waals surface area contributed by atoms with E-state index < -0.39 is 41.7 Å². The van der Waals surface area contributed by atoms with Gasteiger partial charge in [0.15, 0.2) is 0 Å². The first-order valence-electron chi connectivity index (χ1n) is 21.0. The van der Waals surface area contributed by atoms with Gasteiger partial charge in [-0.05, 0) is 48.6 Å². The average molecular weight is 874 g/mol. The van der Waals surface area contributed by atoms with Crippen LogP contribution in [-0.4, -0.2) is 145 Å². The van der Waals surface area contributed by atoms with Crippen LogP contribution in [0.4, 0.5) is 11.5 Å². The largest absolute Gasteiger partial charge is 0.387 e. The highest BCUT2D eigenvalue weighted by molar-refractivity contribution is 6.30. The molecule has 3 aromatic rings. The molecule has 2 saturated heterocycles. The molecule has 0 spiro atoms. The molecule has 7 rings (SSSR count). The Kier molecular flexibility index (Phi) is 14.8. The lowest BCUT2D eigenvalue weighted by atomic mass is 9.97. The minimum atomic E-state index is -1.04. The van der Waals surface area contributed by atoms with Gasteiger partial charge in [0.2, 0.25) is 23.6 Å². The van der Waals surface area contributed by atoms with Gasteiger partial charge < -0.3 is 40.3 Å². The molecule has 330 valence electrons. The molecule has 62 heavy (non-hydrogen) atoms. The van der Waals surface area contributed by atoms with Crippen molar-refractivity contribution in [3.05, 3.63) is 81.8 Å². The number of halogens is 1. The average Bonchev–Trinajstić information content (AvgIpc) is 3.71. The van der Waals surface area contributed by atoms with Crippen molar-refractivity contribution in [2.24, 2.45) is 0 Å². The number of rotatable bonds is 19. The Morgan fingerprint density at radius 2 is 1.68 bits per heavy atom. The molecule has 2 aromatic carbocycles. The summed E-state index contributed by atoms with van der Waals surface area (Å²) < 4.78 is 11.2. The second-order valence-corrected chi connectivity index (χ2v) is 16.1. The lowest BCUT2D eigenvalue weighted by Crippen LogP contribution is -2.54. The molecule has 0 saturated carbocycles. The van der Waals surface area contributed by atoms with E-state index in [2.05, 4.69) is 43.1 Å². The van der Waals surface area contributed by atoms with Gasteiger partial charge in [-0.2, -0.15) is 0 Å². The Hall–Kier alpha value is -5.53. The molecular weight excluding hydrogens is 822 g/mol. The van der Waals surface area contributed by atoms with Crippen LogP contribution in [0.1, 0.15) is 88.1 Å². The maximum absolute atomic E-state index is 14.0. The van der Waals surface area contributed by atoms with Gasteiger partial charge in [0.1, 0.15) is 18.2 Å². The topological polar surface area (TPSA) is 225 Å². The summed E-state index contributed by atoms with van der Waals surface area (Å²) in [6.07, 6.45) is 1.89. The quantitative estimate of drug-likeness (QED) is 0.0856. The third-order valence-corrected chi connectivity index (χ3v) is 11.8. The van der Waals surface area contributed by atoms with E-state index in [4.69, 9.17) is 21.1 Å². The predicted molar refractivity (Wildman–Crippen MR) is 227 cm³/mol. The number of piperidine rings is 1. The number of hydrogen-bond acceptors (Lipinski definition) is 14. The maximum Gasteiger partial charge on any atom is 0.264 e. The van der Waals surface area contributed by atoms with E-state index in [9.17, 15) is 33.9 Å². The molecule has 4 aliphatic rings. The molecular formula is C43H52ClN9O9. The normalized spacial score (nSPS) is 20.2. The van der Waals surface area contributed by atoms with E-state index in [1.54, 1.807) is 24.3 Å². The molecule has 1 aliphatic carbocycles. The molecule has 4 atom stereocenters. The monoisotopic (exact) mass is 873 g/mol. The number of aliphatic hydroxyl groups excluding tert-OH is 1. The summed E-state index contributed by atoms with van der Waals surface area (Å²) in [5, 5.41) is 22.5. The number of nitrogens with one attached hydrogen (secondary N) is 4. The Balaban J connectivity index is 0.766. The van der Waals surface area contributed by atoms with Gasteiger partial charge >= 0.3 is 0 Å².